The first kappa shape index (κ1) is 19.9. The number of carbonyl (C=O) groups excluding carboxylic acids is 1. The lowest BCUT2D eigenvalue weighted by Gasteiger charge is -2.10. The molecule has 0 radical (unpaired) electrons. The van der Waals surface area contributed by atoms with Gasteiger partial charge in [0.15, 0.2) is 11.5 Å². The molecule has 2 aromatic carbocycles. The van der Waals surface area contributed by atoms with Gasteiger partial charge in [-0.1, -0.05) is 36.4 Å². The zero-order valence-corrected chi connectivity index (χ0v) is 18.0. The lowest BCUT2D eigenvalue weighted by atomic mass is 10.1. The molecule has 5 rings (SSSR count). The first-order chi connectivity index (χ1) is 15.7. The number of amides is 1. The summed E-state index contributed by atoms with van der Waals surface area (Å²) in [7, 11) is 1.60. The molecule has 1 amide bonds. The summed E-state index contributed by atoms with van der Waals surface area (Å²) in [4.78, 5) is 13.6. The standard InChI is InChI=1S/C24H19N5O2S/c1-31-20-9-3-2-6-17(20)15-23(30)25-18-8-4-7-16(14-18)19-11-12-22-26-27-24(29(22)28-19)21-10-5-13-32-21/h2-14H,15H2,1H3,(H,25,30). The third-order valence-corrected chi connectivity index (χ3v) is 5.86. The number of benzene rings is 2. The van der Waals surface area contributed by atoms with Crippen LogP contribution in [0.3, 0.4) is 0 Å². The highest BCUT2D eigenvalue weighted by molar-refractivity contribution is 7.13. The molecule has 0 bridgehead atoms. The number of hydrogen-bond donors (Lipinski definition) is 1. The van der Waals surface area contributed by atoms with Gasteiger partial charge in [0.25, 0.3) is 0 Å². The van der Waals surface area contributed by atoms with E-state index >= 15 is 0 Å². The fourth-order valence-corrected chi connectivity index (χ4v) is 4.18. The van der Waals surface area contributed by atoms with E-state index in [4.69, 9.17) is 9.84 Å². The van der Waals surface area contributed by atoms with E-state index in [1.165, 1.54) is 0 Å². The Morgan fingerprint density at radius 3 is 2.78 bits per heavy atom. The largest absolute Gasteiger partial charge is 0.496 e. The van der Waals surface area contributed by atoms with Gasteiger partial charge in [-0.15, -0.1) is 21.5 Å². The highest BCUT2D eigenvalue weighted by Crippen LogP contribution is 2.26. The van der Waals surface area contributed by atoms with E-state index < -0.39 is 0 Å². The number of methoxy groups -OCH3 is 1. The van der Waals surface area contributed by atoms with Crippen LogP contribution in [0.5, 0.6) is 5.75 Å². The van der Waals surface area contributed by atoms with Gasteiger partial charge in [0, 0.05) is 16.8 Å². The summed E-state index contributed by atoms with van der Waals surface area (Å²) >= 11 is 1.59. The van der Waals surface area contributed by atoms with Crippen LogP contribution in [0.2, 0.25) is 0 Å². The Kier molecular flexibility index (Phi) is 5.35. The van der Waals surface area contributed by atoms with Crippen LogP contribution >= 0.6 is 11.3 Å². The molecule has 0 aliphatic rings. The first-order valence-corrected chi connectivity index (χ1v) is 10.9. The molecular formula is C24H19N5O2S. The third kappa shape index (κ3) is 3.95. The minimum atomic E-state index is -0.117. The van der Waals surface area contributed by atoms with Gasteiger partial charge in [0.2, 0.25) is 5.91 Å². The van der Waals surface area contributed by atoms with Crippen LogP contribution in [0.1, 0.15) is 5.56 Å². The van der Waals surface area contributed by atoms with Gasteiger partial charge in [-0.3, -0.25) is 4.79 Å². The van der Waals surface area contributed by atoms with Crippen molar-refractivity contribution in [3.05, 3.63) is 83.7 Å². The van der Waals surface area contributed by atoms with Crippen molar-refractivity contribution in [3.8, 4) is 27.7 Å². The second-order valence-electron chi connectivity index (χ2n) is 7.11. The highest BCUT2D eigenvalue weighted by Gasteiger charge is 2.13. The fraction of sp³-hybridized carbons (Fsp3) is 0.0833. The van der Waals surface area contributed by atoms with Crippen molar-refractivity contribution in [2.24, 2.45) is 0 Å². The zero-order chi connectivity index (χ0) is 21.9. The van der Waals surface area contributed by atoms with E-state index in [2.05, 4.69) is 15.5 Å². The lowest BCUT2D eigenvalue weighted by molar-refractivity contribution is -0.115. The summed E-state index contributed by atoms with van der Waals surface area (Å²) in [5.41, 5.74) is 3.86. The van der Waals surface area contributed by atoms with E-state index in [1.54, 1.807) is 23.0 Å². The molecule has 0 atom stereocenters. The van der Waals surface area contributed by atoms with Gasteiger partial charge in [0.05, 0.1) is 24.1 Å². The molecule has 8 heteroatoms. The summed E-state index contributed by atoms with van der Waals surface area (Å²) in [5, 5.41) is 18.2. The number of ether oxygens (including phenoxy) is 1. The molecule has 1 N–H and O–H groups in total. The molecule has 0 saturated carbocycles. The predicted octanol–water partition coefficient (Wildman–Crippen LogP) is 4.71. The van der Waals surface area contributed by atoms with Crippen molar-refractivity contribution >= 4 is 28.6 Å². The molecule has 7 nitrogen and oxygen atoms in total. The van der Waals surface area contributed by atoms with Crippen LogP contribution < -0.4 is 10.1 Å². The van der Waals surface area contributed by atoms with Crippen molar-refractivity contribution < 1.29 is 9.53 Å². The molecule has 158 valence electrons. The van der Waals surface area contributed by atoms with Crippen molar-refractivity contribution in [1.29, 1.82) is 0 Å². The summed E-state index contributed by atoms with van der Waals surface area (Å²) in [5.74, 6) is 1.29. The quantitative estimate of drug-likeness (QED) is 0.413. The summed E-state index contributed by atoms with van der Waals surface area (Å²) in [6.45, 7) is 0. The Balaban J connectivity index is 1.40. The Bertz CT molecular complexity index is 1390. The van der Waals surface area contributed by atoms with E-state index in [-0.39, 0.29) is 12.3 Å². The molecule has 3 aromatic heterocycles. The number of thiophene rings is 1. The maximum atomic E-state index is 12.6. The van der Waals surface area contributed by atoms with E-state index in [1.807, 2.05) is 78.2 Å². The number of hydrogen-bond acceptors (Lipinski definition) is 6. The monoisotopic (exact) mass is 441 g/mol. The molecule has 0 aliphatic heterocycles. The molecule has 0 aliphatic carbocycles. The van der Waals surface area contributed by atoms with Gasteiger partial charge in [-0.25, -0.2) is 0 Å². The van der Waals surface area contributed by atoms with Crippen LogP contribution in [0, 0.1) is 0 Å². The molecule has 0 unspecified atom stereocenters. The normalized spacial score (nSPS) is 10.9. The Hall–Kier alpha value is -4.04. The SMILES string of the molecule is COc1ccccc1CC(=O)Nc1cccc(-c2ccc3nnc(-c4cccs4)n3n2)c1. The van der Waals surface area contributed by atoms with Crippen molar-refractivity contribution in [2.45, 2.75) is 6.42 Å². The summed E-state index contributed by atoms with van der Waals surface area (Å²) in [6.07, 6.45) is 0.226. The van der Waals surface area contributed by atoms with Gasteiger partial charge in [0.1, 0.15) is 5.75 Å². The van der Waals surface area contributed by atoms with E-state index in [0.717, 1.165) is 21.7 Å². The minimum absolute atomic E-state index is 0.117. The van der Waals surface area contributed by atoms with E-state index in [0.29, 0.717) is 22.9 Å². The number of fused-ring (bicyclic) bond motifs is 1. The van der Waals surface area contributed by atoms with Crippen molar-refractivity contribution in [2.75, 3.05) is 12.4 Å². The Morgan fingerprint density at radius 2 is 1.94 bits per heavy atom. The highest BCUT2D eigenvalue weighted by atomic mass is 32.1. The molecule has 0 saturated heterocycles. The predicted molar refractivity (Wildman–Crippen MR) is 125 cm³/mol. The molecule has 3 heterocycles. The number of anilines is 1. The number of carbonyl (C=O) groups is 1. The van der Waals surface area contributed by atoms with Gasteiger partial charge in [-0.05, 0) is 41.8 Å². The number of nitrogens with zero attached hydrogens (tertiary/aromatic N) is 4. The van der Waals surface area contributed by atoms with Gasteiger partial charge < -0.3 is 10.1 Å². The second kappa shape index (κ2) is 8.60. The maximum absolute atomic E-state index is 12.6. The third-order valence-electron chi connectivity index (χ3n) is 4.99. The number of nitrogens with one attached hydrogen (secondary N) is 1. The van der Waals surface area contributed by atoms with Crippen LogP contribution in [0.4, 0.5) is 5.69 Å². The average molecular weight is 442 g/mol. The average Bonchev–Trinajstić information content (AvgIpc) is 3.49. The fourth-order valence-electron chi connectivity index (χ4n) is 3.49. The van der Waals surface area contributed by atoms with E-state index in [9.17, 15) is 4.79 Å². The summed E-state index contributed by atoms with van der Waals surface area (Å²) in [6, 6.07) is 22.9. The van der Waals surface area contributed by atoms with Crippen molar-refractivity contribution in [3.63, 3.8) is 0 Å². The Labute approximate surface area is 188 Å². The second-order valence-corrected chi connectivity index (χ2v) is 8.05. The van der Waals surface area contributed by atoms with Crippen LogP contribution in [0.15, 0.2) is 78.2 Å². The van der Waals surface area contributed by atoms with Gasteiger partial charge >= 0.3 is 0 Å². The number of aromatic nitrogens is 4. The lowest BCUT2D eigenvalue weighted by Crippen LogP contribution is -2.15. The molecular weight excluding hydrogens is 422 g/mol. The zero-order valence-electron chi connectivity index (χ0n) is 17.2. The number of para-hydroxylation sites is 1. The van der Waals surface area contributed by atoms with Crippen molar-refractivity contribution in [1.82, 2.24) is 19.8 Å². The Morgan fingerprint density at radius 1 is 1.03 bits per heavy atom. The topological polar surface area (TPSA) is 81.4 Å². The summed E-state index contributed by atoms with van der Waals surface area (Å²) < 4.78 is 7.08. The van der Waals surface area contributed by atoms with Gasteiger partial charge in [-0.2, -0.15) is 9.61 Å². The van der Waals surface area contributed by atoms with Crippen LogP contribution in [-0.4, -0.2) is 32.8 Å². The van der Waals surface area contributed by atoms with Crippen LogP contribution in [0.25, 0.3) is 27.6 Å². The molecule has 0 fully saturated rings. The smallest absolute Gasteiger partial charge is 0.228 e. The molecule has 5 aromatic rings. The van der Waals surface area contributed by atoms with Crippen LogP contribution in [-0.2, 0) is 11.2 Å². The minimum Gasteiger partial charge on any atom is -0.496 e. The maximum Gasteiger partial charge on any atom is 0.228 e. The first-order valence-electron chi connectivity index (χ1n) is 10.00. The molecule has 0 spiro atoms. The number of rotatable bonds is 6. The molecule has 32 heavy (non-hydrogen) atoms.